The van der Waals surface area contributed by atoms with Crippen LogP contribution in [0.1, 0.15) is 46.4 Å². The summed E-state index contributed by atoms with van der Waals surface area (Å²) in [5.74, 6) is 1.93. The number of hydrogen-bond acceptors (Lipinski definition) is 6. The Labute approximate surface area is 157 Å². The van der Waals surface area contributed by atoms with Crippen LogP contribution in [0.3, 0.4) is 0 Å². The van der Waals surface area contributed by atoms with Crippen molar-refractivity contribution in [3.63, 3.8) is 0 Å². The summed E-state index contributed by atoms with van der Waals surface area (Å²) < 4.78 is 5.57. The van der Waals surface area contributed by atoms with Gasteiger partial charge in [-0.3, -0.25) is 9.89 Å². The third-order valence-electron chi connectivity index (χ3n) is 4.69. The lowest BCUT2D eigenvalue weighted by Gasteiger charge is -2.26. The third kappa shape index (κ3) is 3.42. The monoisotopic (exact) mass is 366 g/mol. The predicted molar refractivity (Wildman–Crippen MR) is 101 cm³/mol. The van der Waals surface area contributed by atoms with Gasteiger partial charge in [-0.05, 0) is 38.3 Å². The molecule has 3 heterocycles. The number of hydrogen-bond donors (Lipinski definition) is 2. The van der Waals surface area contributed by atoms with Gasteiger partial charge in [-0.1, -0.05) is 0 Å². The van der Waals surface area contributed by atoms with Crippen molar-refractivity contribution in [3.8, 4) is 11.5 Å². The highest BCUT2D eigenvalue weighted by atomic mass is 16.3. The summed E-state index contributed by atoms with van der Waals surface area (Å²) in [4.78, 5) is 23.6. The normalized spacial score (nSPS) is 16.0. The second-order valence-corrected chi connectivity index (χ2v) is 6.96. The number of anilines is 1. The molecule has 4 rings (SSSR count). The van der Waals surface area contributed by atoms with Gasteiger partial charge in [-0.25, -0.2) is 9.97 Å². The maximum absolute atomic E-state index is 12.7. The molecule has 0 aliphatic heterocycles. The maximum atomic E-state index is 12.7. The van der Waals surface area contributed by atoms with Crippen molar-refractivity contribution in [2.45, 2.75) is 32.2 Å². The zero-order valence-electron chi connectivity index (χ0n) is 15.6. The van der Waals surface area contributed by atoms with Gasteiger partial charge in [0, 0.05) is 31.9 Å². The number of aryl methyl sites for hydroxylation is 2. The van der Waals surface area contributed by atoms with Crippen molar-refractivity contribution in [2.75, 3.05) is 19.0 Å². The van der Waals surface area contributed by atoms with Gasteiger partial charge in [0.15, 0.2) is 11.5 Å². The first kappa shape index (κ1) is 17.3. The summed E-state index contributed by atoms with van der Waals surface area (Å²) in [7, 11) is 3.83. The van der Waals surface area contributed by atoms with Crippen LogP contribution in [-0.4, -0.2) is 40.2 Å². The van der Waals surface area contributed by atoms with E-state index in [1.54, 1.807) is 6.07 Å². The highest BCUT2D eigenvalue weighted by Crippen LogP contribution is 2.29. The lowest BCUT2D eigenvalue weighted by atomic mass is 9.92. The van der Waals surface area contributed by atoms with E-state index in [1.807, 2.05) is 44.2 Å². The van der Waals surface area contributed by atoms with E-state index in [9.17, 15) is 4.79 Å². The van der Waals surface area contributed by atoms with Gasteiger partial charge in [0.1, 0.15) is 11.5 Å². The van der Waals surface area contributed by atoms with Gasteiger partial charge in [0.2, 0.25) is 5.95 Å². The highest BCUT2D eigenvalue weighted by molar-refractivity contribution is 5.93. The number of aromatic nitrogens is 4. The van der Waals surface area contributed by atoms with Crippen LogP contribution in [0.5, 0.6) is 0 Å². The quantitative estimate of drug-likeness (QED) is 0.736. The number of nitrogens with one attached hydrogen (secondary N) is 2. The zero-order valence-corrected chi connectivity index (χ0v) is 15.6. The number of nitrogens with zero attached hydrogens (tertiary/aromatic N) is 4. The SMILES string of the molecule is Cc1ccc(-c2cc(C(=O)NC3CCCc4nc(N(C)C)ncc43)n[nH]2)o1. The van der Waals surface area contributed by atoms with E-state index in [4.69, 9.17) is 4.42 Å². The van der Waals surface area contributed by atoms with Gasteiger partial charge in [-0.2, -0.15) is 5.10 Å². The molecule has 0 aromatic carbocycles. The zero-order chi connectivity index (χ0) is 19.0. The number of fused-ring (bicyclic) bond motifs is 1. The molecule has 1 amide bonds. The van der Waals surface area contributed by atoms with E-state index >= 15 is 0 Å². The molecular formula is C19H22N6O2. The molecule has 1 atom stereocenters. The predicted octanol–water partition coefficient (Wildman–Crippen LogP) is 2.64. The van der Waals surface area contributed by atoms with Crippen molar-refractivity contribution in [1.82, 2.24) is 25.5 Å². The average molecular weight is 366 g/mol. The van der Waals surface area contributed by atoms with Crippen molar-refractivity contribution >= 4 is 11.9 Å². The Hall–Kier alpha value is -3.16. The molecule has 0 fully saturated rings. The molecule has 8 nitrogen and oxygen atoms in total. The van der Waals surface area contributed by atoms with E-state index in [0.717, 1.165) is 36.3 Å². The molecule has 140 valence electrons. The standard InChI is InChI=1S/C19H22N6O2/c1-11-7-8-17(27-11)15-9-16(24-23-15)18(26)21-13-5-4-6-14-12(13)10-20-19(22-14)25(2)3/h7-10,13H,4-6H2,1-3H3,(H,21,26)(H,23,24). The van der Waals surface area contributed by atoms with E-state index in [1.165, 1.54) is 0 Å². The molecule has 27 heavy (non-hydrogen) atoms. The molecule has 0 spiro atoms. The van der Waals surface area contributed by atoms with Crippen LogP contribution in [0.15, 0.2) is 28.8 Å². The number of furan rings is 1. The Bertz CT molecular complexity index is 974. The van der Waals surface area contributed by atoms with Gasteiger partial charge >= 0.3 is 0 Å². The Morgan fingerprint density at radius 3 is 2.96 bits per heavy atom. The molecule has 0 bridgehead atoms. The van der Waals surface area contributed by atoms with Gasteiger partial charge in [0.25, 0.3) is 5.91 Å². The van der Waals surface area contributed by atoms with Crippen LogP contribution in [0, 0.1) is 6.92 Å². The van der Waals surface area contributed by atoms with Crippen LogP contribution >= 0.6 is 0 Å². The van der Waals surface area contributed by atoms with Crippen LogP contribution in [0.2, 0.25) is 0 Å². The van der Waals surface area contributed by atoms with E-state index in [0.29, 0.717) is 23.1 Å². The second-order valence-electron chi connectivity index (χ2n) is 6.96. The summed E-state index contributed by atoms with van der Waals surface area (Å²) >= 11 is 0. The van der Waals surface area contributed by atoms with Crippen LogP contribution in [0.25, 0.3) is 11.5 Å². The van der Waals surface area contributed by atoms with Gasteiger partial charge in [0.05, 0.1) is 11.7 Å². The summed E-state index contributed by atoms with van der Waals surface area (Å²) in [5.41, 5.74) is 2.99. The van der Waals surface area contributed by atoms with Gasteiger partial charge < -0.3 is 14.6 Å². The summed E-state index contributed by atoms with van der Waals surface area (Å²) in [6.07, 6.45) is 4.55. The Balaban J connectivity index is 1.52. The molecule has 1 aliphatic rings. The lowest BCUT2D eigenvalue weighted by molar-refractivity contribution is 0.0927. The molecule has 0 radical (unpaired) electrons. The molecule has 3 aromatic heterocycles. The van der Waals surface area contributed by atoms with E-state index in [2.05, 4.69) is 25.5 Å². The minimum absolute atomic E-state index is 0.108. The second kappa shape index (κ2) is 6.86. The van der Waals surface area contributed by atoms with Crippen molar-refractivity contribution < 1.29 is 9.21 Å². The molecule has 8 heteroatoms. The molecule has 2 N–H and O–H groups in total. The van der Waals surface area contributed by atoms with Crippen molar-refractivity contribution in [2.24, 2.45) is 0 Å². The molecular weight excluding hydrogens is 344 g/mol. The molecule has 3 aromatic rings. The number of carbonyl (C=O) groups is 1. The topological polar surface area (TPSA) is 99.9 Å². The first-order valence-electron chi connectivity index (χ1n) is 8.97. The Morgan fingerprint density at radius 1 is 1.37 bits per heavy atom. The minimum Gasteiger partial charge on any atom is -0.460 e. The number of amides is 1. The van der Waals surface area contributed by atoms with E-state index in [-0.39, 0.29) is 11.9 Å². The number of carbonyl (C=O) groups excluding carboxylic acids is 1. The highest BCUT2D eigenvalue weighted by Gasteiger charge is 2.25. The maximum Gasteiger partial charge on any atom is 0.272 e. The van der Waals surface area contributed by atoms with Crippen molar-refractivity contribution in [1.29, 1.82) is 0 Å². The third-order valence-corrected chi connectivity index (χ3v) is 4.69. The molecule has 1 unspecified atom stereocenters. The summed E-state index contributed by atoms with van der Waals surface area (Å²) in [6, 6.07) is 5.31. The Morgan fingerprint density at radius 2 is 2.22 bits per heavy atom. The summed E-state index contributed by atoms with van der Waals surface area (Å²) in [5, 5.41) is 10.0. The first-order valence-corrected chi connectivity index (χ1v) is 8.97. The smallest absolute Gasteiger partial charge is 0.272 e. The van der Waals surface area contributed by atoms with Crippen molar-refractivity contribution in [3.05, 3.63) is 47.1 Å². The minimum atomic E-state index is -0.227. The summed E-state index contributed by atoms with van der Waals surface area (Å²) in [6.45, 7) is 1.87. The lowest BCUT2D eigenvalue weighted by Crippen LogP contribution is -2.32. The van der Waals surface area contributed by atoms with Crippen LogP contribution in [-0.2, 0) is 6.42 Å². The van der Waals surface area contributed by atoms with Crippen LogP contribution in [0.4, 0.5) is 5.95 Å². The Kier molecular flexibility index (Phi) is 4.39. The van der Waals surface area contributed by atoms with Crippen LogP contribution < -0.4 is 10.2 Å². The number of rotatable bonds is 4. The largest absolute Gasteiger partial charge is 0.460 e. The fourth-order valence-corrected chi connectivity index (χ4v) is 3.28. The number of aromatic amines is 1. The molecule has 0 saturated heterocycles. The molecule has 1 aliphatic carbocycles. The fraction of sp³-hybridized carbons (Fsp3) is 0.368. The first-order chi connectivity index (χ1) is 13.0. The number of H-pyrrole nitrogens is 1. The fourth-order valence-electron chi connectivity index (χ4n) is 3.28. The molecule has 0 saturated carbocycles. The van der Waals surface area contributed by atoms with E-state index < -0.39 is 0 Å². The van der Waals surface area contributed by atoms with Gasteiger partial charge in [-0.15, -0.1) is 0 Å². The average Bonchev–Trinajstić information content (AvgIpc) is 3.30.